The molecule has 0 aromatic heterocycles. The van der Waals surface area contributed by atoms with Crippen LogP contribution in [-0.2, 0) is 16.1 Å². The van der Waals surface area contributed by atoms with Gasteiger partial charge in [-0.2, -0.15) is 0 Å². The van der Waals surface area contributed by atoms with Gasteiger partial charge >= 0.3 is 5.97 Å². The van der Waals surface area contributed by atoms with Crippen molar-refractivity contribution in [3.05, 3.63) is 41.0 Å². The molecule has 108 valence electrons. The standard InChI is InChI=1S/C15H19NO4/c1-10(11(2)15(18)19)14(17)16(3)9-12-5-7-13(20-4)8-6-12/h5-8H,9H2,1-4H3,(H,18,19). The number of hydrogen-bond acceptors (Lipinski definition) is 3. The molecule has 0 bridgehead atoms. The van der Waals surface area contributed by atoms with Crippen LogP contribution in [0.2, 0.25) is 0 Å². The highest BCUT2D eigenvalue weighted by Crippen LogP contribution is 2.14. The second kappa shape index (κ2) is 6.75. The first kappa shape index (κ1) is 15.8. The molecule has 0 saturated heterocycles. The van der Waals surface area contributed by atoms with E-state index in [1.54, 1.807) is 14.2 Å². The molecule has 0 unspecified atom stereocenters. The van der Waals surface area contributed by atoms with Gasteiger partial charge < -0.3 is 14.7 Å². The fourth-order valence-corrected chi connectivity index (χ4v) is 1.68. The molecule has 1 N–H and O–H groups in total. The molecule has 1 aromatic carbocycles. The molecule has 1 amide bonds. The summed E-state index contributed by atoms with van der Waals surface area (Å²) in [4.78, 5) is 24.4. The van der Waals surface area contributed by atoms with E-state index in [9.17, 15) is 9.59 Å². The minimum absolute atomic E-state index is 0.0663. The molecule has 5 heteroatoms. The number of likely N-dealkylation sites (N-methyl/N-ethyl adjacent to an activating group) is 1. The zero-order valence-electron chi connectivity index (χ0n) is 12.1. The van der Waals surface area contributed by atoms with Crippen LogP contribution in [-0.4, -0.2) is 36.0 Å². The Bertz CT molecular complexity index is 531. The van der Waals surface area contributed by atoms with E-state index < -0.39 is 5.97 Å². The number of nitrogens with zero attached hydrogens (tertiary/aromatic N) is 1. The third-order valence-electron chi connectivity index (χ3n) is 3.13. The van der Waals surface area contributed by atoms with Crippen molar-refractivity contribution in [2.75, 3.05) is 14.2 Å². The molecule has 0 aliphatic heterocycles. The van der Waals surface area contributed by atoms with Gasteiger partial charge in [0, 0.05) is 24.7 Å². The zero-order chi connectivity index (χ0) is 15.3. The quantitative estimate of drug-likeness (QED) is 0.837. The van der Waals surface area contributed by atoms with Crippen LogP contribution in [0.3, 0.4) is 0 Å². The van der Waals surface area contributed by atoms with Gasteiger partial charge in [0.2, 0.25) is 5.91 Å². The van der Waals surface area contributed by atoms with Crippen molar-refractivity contribution in [1.82, 2.24) is 4.90 Å². The lowest BCUT2D eigenvalue weighted by Gasteiger charge is -2.18. The summed E-state index contributed by atoms with van der Waals surface area (Å²) >= 11 is 0. The van der Waals surface area contributed by atoms with Crippen LogP contribution < -0.4 is 4.74 Å². The Kier molecular flexibility index (Phi) is 5.32. The molecular weight excluding hydrogens is 258 g/mol. The number of hydrogen-bond donors (Lipinski definition) is 1. The van der Waals surface area contributed by atoms with Crippen LogP contribution in [0, 0.1) is 0 Å². The predicted molar refractivity (Wildman–Crippen MR) is 75.5 cm³/mol. The number of carboxylic acids is 1. The molecule has 1 aromatic rings. The van der Waals surface area contributed by atoms with E-state index in [4.69, 9.17) is 9.84 Å². The minimum atomic E-state index is -1.08. The Morgan fingerprint density at radius 2 is 1.70 bits per heavy atom. The number of benzene rings is 1. The van der Waals surface area contributed by atoms with Gasteiger partial charge in [-0.15, -0.1) is 0 Å². The van der Waals surface area contributed by atoms with Crippen LogP contribution in [0.5, 0.6) is 5.75 Å². The van der Waals surface area contributed by atoms with Crippen molar-refractivity contribution in [2.24, 2.45) is 0 Å². The molecule has 1 rings (SSSR count). The van der Waals surface area contributed by atoms with Crippen molar-refractivity contribution >= 4 is 11.9 Å². The molecule has 0 atom stereocenters. The van der Waals surface area contributed by atoms with E-state index in [2.05, 4.69) is 0 Å². The lowest BCUT2D eigenvalue weighted by Crippen LogP contribution is -2.28. The highest BCUT2D eigenvalue weighted by atomic mass is 16.5. The first-order valence-corrected chi connectivity index (χ1v) is 6.16. The molecular formula is C15H19NO4. The second-order valence-corrected chi connectivity index (χ2v) is 4.56. The number of rotatable bonds is 5. The number of ether oxygens (including phenoxy) is 1. The topological polar surface area (TPSA) is 66.8 Å². The third kappa shape index (κ3) is 3.85. The monoisotopic (exact) mass is 277 g/mol. The van der Waals surface area contributed by atoms with E-state index in [0.29, 0.717) is 6.54 Å². The summed E-state index contributed by atoms with van der Waals surface area (Å²) in [6.07, 6.45) is 0. The Labute approximate surface area is 118 Å². The van der Waals surface area contributed by atoms with Gasteiger partial charge in [0.25, 0.3) is 0 Å². The first-order chi connectivity index (χ1) is 9.36. The van der Waals surface area contributed by atoms with Crippen LogP contribution >= 0.6 is 0 Å². The Hall–Kier alpha value is -2.30. The van der Waals surface area contributed by atoms with Crippen molar-refractivity contribution in [3.8, 4) is 5.75 Å². The highest BCUT2D eigenvalue weighted by Gasteiger charge is 2.16. The van der Waals surface area contributed by atoms with Gasteiger partial charge in [-0.1, -0.05) is 12.1 Å². The van der Waals surface area contributed by atoms with Crippen LogP contribution in [0.15, 0.2) is 35.4 Å². The van der Waals surface area contributed by atoms with E-state index in [0.717, 1.165) is 11.3 Å². The number of carbonyl (C=O) groups excluding carboxylic acids is 1. The molecule has 0 fully saturated rings. The van der Waals surface area contributed by atoms with Crippen LogP contribution in [0.1, 0.15) is 19.4 Å². The average molecular weight is 277 g/mol. The van der Waals surface area contributed by atoms with Gasteiger partial charge in [0.05, 0.1) is 7.11 Å². The summed E-state index contributed by atoms with van der Waals surface area (Å²) in [5.41, 5.74) is 1.26. The molecule has 0 aliphatic carbocycles. The van der Waals surface area contributed by atoms with Gasteiger partial charge in [-0.3, -0.25) is 4.79 Å². The van der Waals surface area contributed by atoms with Crippen molar-refractivity contribution in [1.29, 1.82) is 0 Å². The Morgan fingerprint density at radius 3 is 2.15 bits per heavy atom. The molecule has 0 spiro atoms. The summed E-state index contributed by atoms with van der Waals surface area (Å²) in [6.45, 7) is 3.36. The Morgan fingerprint density at radius 1 is 1.15 bits per heavy atom. The van der Waals surface area contributed by atoms with E-state index >= 15 is 0 Å². The average Bonchev–Trinajstić information content (AvgIpc) is 2.45. The molecule has 0 saturated carbocycles. The van der Waals surface area contributed by atoms with Crippen molar-refractivity contribution < 1.29 is 19.4 Å². The van der Waals surface area contributed by atoms with Gasteiger partial charge in [0.1, 0.15) is 5.75 Å². The lowest BCUT2D eigenvalue weighted by molar-refractivity contribution is -0.133. The zero-order valence-corrected chi connectivity index (χ0v) is 12.1. The maximum Gasteiger partial charge on any atom is 0.331 e. The molecule has 0 aliphatic rings. The number of carbonyl (C=O) groups is 2. The second-order valence-electron chi connectivity index (χ2n) is 4.56. The summed E-state index contributed by atoms with van der Waals surface area (Å²) < 4.78 is 5.06. The fourth-order valence-electron chi connectivity index (χ4n) is 1.68. The normalized spacial score (nSPS) is 11.6. The van der Waals surface area contributed by atoms with Gasteiger partial charge in [0.15, 0.2) is 0 Å². The maximum absolute atomic E-state index is 12.1. The molecule has 20 heavy (non-hydrogen) atoms. The van der Waals surface area contributed by atoms with Crippen molar-refractivity contribution in [2.45, 2.75) is 20.4 Å². The first-order valence-electron chi connectivity index (χ1n) is 6.16. The summed E-state index contributed by atoms with van der Waals surface area (Å²) in [5, 5.41) is 8.89. The number of amides is 1. The number of carboxylic acid groups (broad SMARTS) is 1. The van der Waals surface area contributed by atoms with Crippen LogP contribution in [0.25, 0.3) is 0 Å². The van der Waals surface area contributed by atoms with Crippen molar-refractivity contribution in [3.63, 3.8) is 0 Å². The minimum Gasteiger partial charge on any atom is -0.497 e. The lowest BCUT2D eigenvalue weighted by atomic mass is 10.1. The number of methoxy groups -OCH3 is 1. The molecule has 0 radical (unpaired) electrons. The van der Waals surface area contributed by atoms with E-state index in [-0.39, 0.29) is 17.1 Å². The predicted octanol–water partition coefficient (Wildman–Crippen LogP) is 2.07. The molecule has 5 nitrogen and oxygen atoms in total. The number of aliphatic carboxylic acids is 1. The van der Waals surface area contributed by atoms with E-state index in [1.807, 2.05) is 24.3 Å². The fraction of sp³-hybridized carbons (Fsp3) is 0.333. The van der Waals surface area contributed by atoms with Gasteiger partial charge in [-0.05, 0) is 31.5 Å². The van der Waals surface area contributed by atoms with Gasteiger partial charge in [-0.25, -0.2) is 4.79 Å². The SMILES string of the molecule is COc1ccc(CN(C)C(=O)C(C)=C(C)C(=O)O)cc1. The smallest absolute Gasteiger partial charge is 0.331 e. The largest absolute Gasteiger partial charge is 0.497 e. The highest BCUT2D eigenvalue weighted by molar-refractivity contribution is 6.01. The summed E-state index contributed by atoms with van der Waals surface area (Å²) in [5.74, 6) is -0.616. The summed E-state index contributed by atoms with van der Waals surface area (Å²) in [6, 6.07) is 7.37. The molecule has 0 heterocycles. The third-order valence-corrected chi connectivity index (χ3v) is 3.13. The Balaban J connectivity index is 2.80. The maximum atomic E-state index is 12.1. The van der Waals surface area contributed by atoms with E-state index in [1.165, 1.54) is 18.7 Å². The summed E-state index contributed by atoms with van der Waals surface area (Å²) in [7, 11) is 3.23. The van der Waals surface area contributed by atoms with Crippen LogP contribution in [0.4, 0.5) is 0 Å².